The number of nitro benzene ring substituents is 1. The van der Waals surface area contributed by atoms with Crippen molar-refractivity contribution < 1.29 is 14.5 Å². The summed E-state index contributed by atoms with van der Waals surface area (Å²) in [6.07, 6.45) is 4.52. The minimum atomic E-state index is -0.441. The summed E-state index contributed by atoms with van der Waals surface area (Å²) < 4.78 is 5.66. The van der Waals surface area contributed by atoms with Gasteiger partial charge in [0.2, 0.25) is 0 Å². The Balaban J connectivity index is 1.30. The van der Waals surface area contributed by atoms with Crippen LogP contribution < -0.4 is 10.1 Å². The van der Waals surface area contributed by atoms with Gasteiger partial charge in [0.15, 0.2) is 0 Å². The molecule has 1 aromatic heterocycles. The highest BCUT2D eigenvalue weighted by molar-refractivity contribution is 7.12. The van der Waals surface area contributed by atoms with Gasteiger partial charge in [0.1, 0.15) is 12.4 Å². The molecule has 1 amide bonds. The second-order valence-electron chi connectivity index (χ2n) is 7.55. The molecular weight excluding hydrogens is 378 g/mol. The summed E-state index contributed by atoms with van der Waals surface area (Å²) in [4.78, 5) is 26.0. The van der Waals surface area contributed by atoms with E-state index in [0.717, 1.165) is 18.4 Å². The van der Waals surface area contributed by atoms with Crippen LogP contribution in [0.25, 0.3) is 0 Å². The fraction of sp³-hybridized carbons (Fsp3) is 0.450. The summed E-state index contributed by atoms with van der Waals surface area (Å²) in [5.74, 6) is 0.546. The Hall–Kier alpha value is -2.45. The number of amides is 1. The van der Waals surface area contributed by atoms with E-state index in [4.69, 9.17) is 4.74 Å². The number of benzene rings is 1. The first-order valence-corrected chi connectivity index (χ1v) is 10.3. The van der Waals surface area contributed by atoms with Gasteiger partial charge in [-0.25, -0.2) is 0 Å². The van der Waals surface area contributed by atoms with E-state index in [2.05, 4.69) is 17.3 Å². The molecule has 2 aliphatic rings. The fourth-order valence-corrected chi connectivity index (χ4v) is 4.99. The maximum absolute atomic E-state index is 12.6. The van der Waals surface area contributed by atoms with E-state index < -0.39 is 4.92 Å². The second-order valence-corrected chi connectivity index (χ2v) is 8.46. The molecule has 1 N–H and O–H groups in total. The molecule has 8 heteroatoms. The minimum Gasteiger partial charge on any atom is -0.489 e. The van der Waals surface area contributed by atoms with Gasteiger partial charge in [-0.1, -0.05) is 0 Å². The molecule has 2 atom stereocenters. The molecule has 0 aliphatic carbocycles. The molecular formula is C20H23N3O4S. The lowest BCUT2D eigenvalue weighted by atomic mass is 9.98. The van der Waals surface area contributed by atoms with Gasteiger partial charge < -0.3 is 15.0 Å². The fourth-order valence-electron chi connectivity index (χ4n) is 4.19. The highest BCUT2D eigenvalue weighted by atomic mass is 32.1. The average Bonchev–Trinajstić information content (AvgIpc) is 3.22. The van der Waals surface area contributed by atoms with Crippen molar-refractivity contribution in [2.75, 3.05) is 7.05 Å². The number of non-ortho nitro benzene ring substituents is 1. The van der Waals surface area contributed by atoms with Crippen LogP contribution in [-0.2, 0) is 6.61 Å². The van der Waals surface area contributed by atoms with Gasteiger partial charge in [0, 0.05) is 35.8 Å². The normalized spacial score (nSPS) is 24.1. The van der Waals surface area contributed by atoms with Gasteiger partial charge in [0.05, 0.1) is 9.80 Å². The molecule has 0 radical (unpaired) electrons. The molecule has 2 aliphatic heterocycles. The van der Waals surface area contributed by atoms with Crippen LogP contribution in [0.2, 0.25) is 0 Å². The van der Waals surface area contributed by atoms with Crippen LogP contribution in [0.15, 0.2) is 35.7 Å². The van der Waals surface area contributed by atoms with Crippen molar-refractivity contribution in [2.45, 2.75) is 50.4 Å². The van der Waals surface area contributed by atoms with Gasteiger partial charge in [-0.15, -0.1) is 11.3 Å². The summed E-state index contributed by atoms with van der Waals surface area (Å²) in [7, 11) is 2.19. The van der Waals surface area contributed by atoms with Crippen LogP contribution in [0.1, 0.15) is 40.9 Å². The molecule has 1 aromatic carbocycles. The lowest BCUT2D eigenvalue weighted by Gasteiger charge is -2.36. The van der Waals surface area contributed by atoms with Gasteiger partial charge in [0.25, 0.3) is 11.6 Å². The number of piperidine rings is 1. The summed E-state index contributed by atoms with van der Waals surface area (Å²) in [5.41, 5.74) is 0.945. The smallest absolute Gasteiger partial charge is 0.269 e. The van der Waals surface area contributed by atoms with Crippen LogP contribution in [0.3, 0.4) is 0 Å². The molecule has 4 rings (SSSR count). The summed E-state index contributed by atoms with van der Waals surface area (Å²) in [5, 5.41) is 15.8. The van der Waals surface area contributed by atoms with Crippen LogP contribution >= 0.6 is 11.3 Å². The van der Waals surface area contributed by atoms with E-state index in [0.29, 0.717) is 29.3 Å². The number of nitrogens with one attached hydrogen (secondary N) is 1. The molecule has 2 bridgehead atoms. The topological polar surface area (TPSA) is 84.7 Å². The molecule has 0 spiro atoms. The number of carbonyl (C=O) groups excluding carboxylic acids is 1. The maximum Gasteiger partial charge on any atom is 0.269 e. The van der Waals surface area contributed by atoms with Crippen molar-refractivity contribution in [3.05, 3.63) is 56.3 Å². The van der Waals surface area contributed by atoms with Crippen LogP contribution in [-0.4, -0.2) is 40.9 Å². The summed E-state index contributed by atoms with van der Waals surface area (Å²) in [6, 6.07) is 9.28. The van der Waals surface area contributed by atoms with Crippen LogP contribution in [0.5, 0.6) is 5.75 Å². The number of thiophene rings is 1. The van der Waals surface area contributed by atoms with Crippen molar-refractivity contribution in [3.63, 3.8) is 0 Å². The maximum atomic E-state index is 12.6. The largest absolute Gasteiger partial charge is 0.489 e. The van der Waals surface area contributed by atoms with E-state index >= 15 is 0 Å². The molecule has 2 fully saturated rings. The van der Waals surface area contributed by atoms with Crippen molar-refractivity contribution in [3.8, 4) is 5.75 Å². The number of hydrogen-bond donors (Lipinski definition) is 1. The van der Waals surface area contributed by atoms with Gasteiger partial charge in [-0.2, -0.15) is 0 Å². The molecule has 3 heterocycles. The molecule has 148 valence electrons. The third kappa shape index (κ3) is 4.02. The first kappa shape index (κ1) is 18.9. The van der Waals surface area contributed by atoms with E-state index in [1.807, 2.05) is 11.4 Å². The Morgan fingerprint density at radius 3 is 2.61 bits per heavy atom. The third-order valence-electron chi connectivity index (χ3n) is 5.76. The quantitative estimate of drug-likeness (QED) is 0.591. The first-order chi connectivity index (χ1) is 13.5. The minimum absolute atomic E-state index is 0.0134. The third-order valence-corrected chi connectivity index (χ3v) is 6.74. The Bertz CT molecular complexity index is 853. The Morgan fingerprint density at radius 2 is 1.96 bits per heavy atom. The molecule has 0 saturated carbocycles. The molecule has 2 unspecified atom stereocenters. The Kier molecular flexibility index (Phi) is 5.32. The van der Waals surface area contributed by atoms with Crippen molar-refractivity contribution in [1.82, 2.24) is 10.2 Å². The van der Waals surface area contributed by atoms with E-state index in [1.54, 1.807) is 12.1 Å². The second kappa shape index (κ2) is 7.89. The molecule has 2 saturated heterocycles. The van der Waals surface area contributed by atoms with Crippen molar-refractivity contribution in [2.24, 2.45) is 0 Å². The first-order valence-electron chi connectivity index (χ1n) is 9.47. The average molecular weight is 401 g/mol. The van der Waals surface area contributed by atoms with E-state index in [9.17, 15) is 14.9 Å². The highest BCUT2D eigenvalue weighted by Gasteiger charge is 2.38. The number of carbonyl (C=O) groups is 1. The lowest BCUT2D eigenvalue weighted by Crippen LogP contribution is -2.48. The van der Waals surface area contributed by atoms with E-state index in [1.165, 1.54) is 36.3 Å². The number of fused-ring (bicyclic) bond motifs is 2. The zero-order chi connectivity index (χ0) is 19.7. The number of ether oxygens (including phenoxy) is 1. The zero-order valence-corrected chi connectivity index (χ0v) is 16.5. The zero-order valence-electron chi connectivity index (χ0n) is 15.7. The van der Waals surface area contributed by atoms with Gasteiger partial charge >= 0.3 is 0 Å². The van der Waals surface area contributed by atoms with Crippen LogP contribution in [0.4, 0.5) is 5.69 Å². The van der Waals surface area contributed by atoms with Gasteiger partial charge in [-0.05, 0) is 56.3 Å². The Labute approximate surface area is 167 Å². The molecule has 2 aromatic rings. The van der Waals surface area contributed by atoms with Crippen molar-refractivity contribution >= 4 is 22.9 Å². The van der Waals surface area contributed by atoms with E-state index in [-0.39, 0.29) is 17.6 Å². The highest BCUT2D eigenvalue weighted by Crippen LogP contribution is 2.34. The standard InChI is InChI=1S/C20H23N3O4S/c1-22-16-2-3-17(22)10-14(9-16)21-20(24)19-8-13(12-28-19)11-27-18-6-4-15(5-7-18)23(25)26/h4-8,12,14,16-17H,2-3,9-11H2,1H3,(H,21,24). The number of hydrogen-bond acceptors (Lipinski definition) is 6. The Morgan fingerprint density at radius 1 is 1.29 bits per heavy atom. The van der Waals surface area contributed by atoms with Crippen molar-refractivity contribution in [1.29, 1.82) is 0 Å². The summed E-state index contributed by atoms with van der Waals surface area (Å²) in [6.45, 7) is 0.319. The monoisotopic (exact) mass is 401 g/mol. The summed E-state index contributed by atoms with van der Waals surface area (Å²) >= 11 is 1.41. The molecule has 28 heavy (non-hydrogen) atoms. The lowest BCUT2D eigenvalue weighted by molar-refractivity contribution is -0.384. The molecule has 7 nitrogen and oxygen atoms in total. The van der Waals surface area contributed by atoms with Gasteiger partial charge in [-0.3, -0.25) is 14.9 Å². The number of rotatable bonds is 6. The SMILES string of the molecule is CN1C2CCC1CC(NC(=O)c1cc(COc3ccc([N+](=O)[O-])cc3)cs1)C2. The number of nitrogens with zero attached hydrogens (tertiary/aromatic N) is 2. The number of nitro groups is 1. The predicted molar refractivity (Wildman–Crippen MR) is 107 cm³/mol. The predicted octanol–water partition coefficient (Wildman–Crippen LogP) is 3.59. The van der Waals surface area contributed by atoms with Crippen LogP contribution in [0, 0.1) is 10.1 Å².